The average molecular weight is 222 g/mol. The molecule has 0 aliphatic carbocycles. The normalized spacial score (nSPS) is 11.9. The molecule has 0 bridgehead atoms. The van der Waals surface area contributed by atoms with Gasteiger partial charge in [0.25, 0.3) is 0 Å². The van der Waals surface area contributed by atoms with Crippen LogP contribution in [0.1, 0.15) is 18.4 Å². The first-order chi connectivity index (χ1) is 7.65. The molecule has 0 spiro atoms. The van der Waals surface area contributed by atoms with Crippen molar-refractivity contribution >= 4 is 11.8 Å². The van der Waals surface area contributed by atoms with Gasteiger partial charge in [0.05, 0.1) is 12.5 Å². The fourth-order valence-corrected chi connectivity index (χ4v) is 1.35. The number of hydrogen-bond donors (Lipinski definition) is 1. The number of ether oxygens (including phenoxy) is 1. The van der Waals surface area contributed by atoms with E-state index in [1.54, 1.807) is 24.3 Å². The summed E-state index contributed by atoms with van der Waals surface area (Å²) in [6.07, 6.45) is 0. The zero-order chi connectivity index (χ0) is 12.0. The number of carbonyl (C=O) groups is 2. The van der Waals surface area contributed by atoms with E-state index in [1.165, 1.54) is 6.92 Å². The molecule has 4 heteroatoms. The maximum Gasteiger partial charge on any atom is 0.303 e. The first-order valence-electron chi connectivity index (χ1n) is 4.97. The molecule has 0 fully saturated rings. The summed E-state index contributed by atoms with van der Waals surface area (Å²) in [4.78, 5) is 22.2. The Kier molecular flexibility index (Phi) is 4.66. The van der Waals surface area contributed by atoms with Gasteiger partial charge < -0.3 is 9.84 Å². The molecule has 0 aromatic heterocycles. The molecule has 86 valence electrons. The summed E-state index contributed by atoms with van der Waals surface area (Å²) in [5.41, 5.74) is 0.724. The summed E-state index contributed by atoms with van der Waals surface area (Å²) in [5.74, 6) is -1.43. The Balaban J connectivity index is 2.68. The van der Waals surface area contributed by atoms with Crippen molar-refractivity contribution in [2.75, 3.05) is 13.2 Å². The van der Waals surface area contributed by atoms with Crippen molar-refractivity contribution in [1.82, 2.24) is 0 Å². The van der Waals surface area contributed by atoms with E-state index in [1.807, 2.05) is 6.07 Å². The standard InChI is InChI=1S/C12H14O4/c1-9(14)16-8-12(15)11(7-13)10-5-3-2-4-6-10/h2-6,11,13H,7-8H2,1H3. The Labute approximate surface area is 93.9 Å². The van der Waals surface area contributed by atoms with E-state index in [-0.39, 0.29) is 19.0 Å². The minimum Gasteiger partial charge on any atom is -0.458 e. The second kappa shape index (κ2) is 6.02. The molecule has 16 heavy (non-hydrogen) atoms. The van der Waals surface area contributed by atoms with E-state index in [2.05, 4.69) is 4.74 Å². The first kappa shape index (κ1) is 12.4. The highest BCUT2D eigenvalue weighted by atomic mass is 16.5. The molecule has 0 amide bonds. The predicted molar refractivity (Wildman–Crippen MR) is 57.9 cm³/mol. The van der Waals surface area contributed by atoms with Gasteiger partial charge in [-0.05, 0) is 5.56 Å². The minimum absolute atomic E-state index is 0.288. The van der Waals surface area contributed by atoms with Crippen LogP contribution >= 0.6 is 0 Å². The Bertz CT molecular complexity index is 359. The zero-order valence-corrected chi connectivity index (χ0v) is 9.05. The summed E-state index contributed by atoms with van der Waals surface area (Å²) in [6, 6.07) is 8.92. The van der Waals surface area contributed by atoms with Crippen LogP contribution in [-0.4, -0.2) is 30.1 Å². The maximum atomic E-state index is 11.6. The molecule has 0 radical (unpaired) electrons. The molecule has 1 rings (SSSR count). The van der Waals surface area contributed by atoms with Gasteiger partial charge in [-0.3, -0.25) is 9.59 Å². The Morgan fingerprint density at radius 2 is 1.94 bits per heavy atom. The minimum atomic E-state index is -0.624. The highest BCUT2D eigenvalue weighted by Crippen LogP contribution is 2.15. The van der Waals surface area contributed by atoms with E-state index in [0.29, 0.717) is 0 Å². The number of ketones is 1. The number of rotatable bonds is 5. The molecule has 1 N–H and O–H groups in total. The van der Waals surface area contributed by atoms with Gasteiger partial charge in [0.1, 0.15) is 0 Å². The molecule has 0 saturated carbocycles. The van der Waals surface area contributed by atoms with Crippen LogP contribution in [-0.2, 0) is 14.3 Å². The van der Waals surface area contributed by atoms with Gasteiger partial charge in [-0.1, -0.05) is 30.3 Å². The highest BCUT2D eigenvalue weighted by molar-refractivity contribution is 5.88. The van der Waals surface area contributed by atoms with Crippen LogP contribution in [0.3, 0.4) is 0 Å². The van der Waals surface area contributed by atoms with E-state index in [0.717, 1.165) is 5.56 Å². The lowest BCUT2D eigenvalue weighted by Gasteiger charge is -2.12. The SMILES string of the molecule is CC(=O)OCC(=O)C(CO)c1ccccc1. The maximum absolute atomic E-state index is 11.6. The van der Waals surface area contributed by atoms with Gasteiger partial charge in [-0.25, -0.2) is 0 Å². The molecule has 1 aromatic carbocycles. The molecule has 0 heterocycles. The summed E-state index contributed by atoms with van der Waals surface area (Å²) in [5, 5.41) is 9.15. The van der Waals surface area contributed by atoms with E-state index in [9.17, 15) is 9.59 Å². The second-order valence-corrected chi connectivity index (χ2v) is 3.39. The fourth-order valence-electron chi connectivity index (χ4n) is 1.35. The van der Waals surface area contributed by atoms with Crippen molar-refractivity contribution < 1.29 is 19.4 Å². The van der Waals surface area contributed by atoms with Gasteiger partial charge in [0.2, 0.25) is 0 Å². The summed E-state index contributed by atoms with van der Waals surface area (Å²) < 4.78 is 4.61. The average Bonchev–Trinajstić information content (AvgIpc) is 2.29. The fraction of sp³-hybridized carbons (Fsp3) is 0.333. The molecule has 4 nitrogen and oxygen atoms in total. The number of esters is 1. The van der Waals surface area contributed by atoms with E-state index >= 15 is 0 Å². The lowest BCUT2D eigenvalue weighted by atomic mass is 9.96. The Morgan fingerprint density at radius 1 is 1.31 bits per heavy atom. The third kappa shape index (κ3) is 3.47. The van der Waals surface area contributed by atoms with Crippen LogP contribution in [0.5, 0.6) is 0 Å². The van der Waals surface area contributed by atoms with Crippen LogP contribution in [0.15, 0.2) is 30.3 Å². The van der Waals surface area contributed by atoms with Crippen LogP contribution < -0.4 is 0 Å². The number of carbonyl (C=O) groups excluding carboxylic acids is 2. The van der Waals surface area contributed by atoms with Gasteiger partial charge in [0, 0.05) is 6.92 Å². The van der Waals surface area contributed by atoms with Crippen LogP contribution in [0.4, 0.5) is 0 Å². The van der Waals surface area contributed by atoms with Gasteiger partial charge in [0.15, 0.2) is 12.4 Å². The number of aliphatic hydroxyl groups excluding tert-OH is 1. The number of aliphatic hydroxyl groups is 1. The number of Topliss-reactive ketones (excluding diaryl/α,β-unsaturated/α-hetero) is 1. The summed E-state index contributed by atoms with van der Waals surface area (Å²) in [7, 11) is 0. The third-order valence-electron chi connectivity index (χ3n) is 2.19. The van der Waals surface area contributed by atoms with Crippen molar-refractivity contribution in [2.24, 2.45) is 0 Å². The van der Waals surface area contributed by atoms with Crippen molar-refractivity contribution in [3.63, 3.8) is 0 Å². The summed E-state index contributed by atoms with van der Waals surface area (Å²) >= 11 is 0. The van der Waals surface area contributed by atoms with Crippen LogP contribution in [0, 0.1) is 0 Å². The van der Waals surface area contributed by atoms with Crippen molar-refractivity contribution in [3.8, 4) is 0 Å². The van der Waals surface area contributed by atoms with E-state index in [4.69, 9.17) is 5.11 Å². The highest BCUT2D eigenvalue weighted by Gasteiger charge is 2.20. The summed E-state index contributed by atoms with van der Waals surface area (Å²) in [6.45, 7) is 0.656. The van der Waals surface area contributed by atoms with Gasteiger partial charge >= 0.3 is 5.97 Å². The van der Waals surface area contributed by atoms with Crippen molar-refractivity contribution in [3.05, 3.63) is 35.9 Å². The third-order valence-corrected chi connectivity index (χ3v) is 2.19. The number of hydrogen-bond acceptors (Lipinski definition) is 4. The largest absolute Gasteiger partial charge is 0.458 e. The van der Waals surface area contributed by atoms with Crippen LogP contribution in [0.25, 0.3) is 0 Å². The second-order valence-electron chi connectivity index (χ2n) is 3.39. The quantitative estimate of drug-likeness (QED) is 0.752. The number of benzene rings is 1. The first-order valence-corrected chi connectivity index (χ1v) is 4.97. The molecular formula is C12H14O4. The zero-order valence-electron chi connectivity index (χ0n) is 9.05. The molecular weight excluding hydrogens is 208 g/mol. The van der Waals surface area contributed by atoms with Crippen molar-refractivity contribution in [1.29, 1.82) is 0 Å². The van der Waals surface area contributed by atoms with Crippen LogP contribution in [0.2, 0.25) is 0 Å². The lowest BCUT2D eigenvalue weighted by Crippen LogP contribution is -2.22. The topological polar surface area (TPSA) is 63.6 Å². The Hall–Kier alpha value is -1.68. The molecule has 1 unspecified atom stereocenters. The predicted octanol–water partition coefficient (Wildman–Crippen LogP) is 0.895. The molecule has 1 aromatic rings. The van der Waals surface area contributed by atoms with Gasteiger partial charge in [-0.2, -0.15) is 0 Å². The molecule has 1 atom stereocenters. The molecule has 0 aliphatic rings. The van der Waals surface area contributed by atoms with Crippen molar-refractivity contribution in [2.45, 2.75) is 12.8 Å². The lowest BCUT2D eigenvalue weighted by molar-refractivity contribution is -0.146. The monoisotopic (exact) mass is 222 g/mol. The molecule has 0 aliphatic heterocycles. The van der Waals surface area contributed by atoms with E-state index < -0.39 is 11.9 Å². The smallest absolute Gasteiger partial charge is 0.303 e. The molecule has 0 saturated heterocycles. The Morgan fingerprint density at radius 3 is 2.44 bits per heavy atom. The van der Waals surface area contributed by atoms with Gasteiger partial charge in [-0.15, -0.1) is 0 Å².